The number of nitrogens with zero attached hydrogens (tertiary/aromatic N) is 1. The Morgan fingerprint density at radius 1 is 1.33 bits per heavy atom. The van der Waals surface area contributed by atoms with E-state index < -0.39 is 0 Å². The van der Waals surface area contributed by atoms with Crippen molar-refractivity contribution < 1.29 is 14.0 Å². The van der Waals surface area contributed by atoms with Gasteiger partial charge in [0.2, 0.25) is 0 Å². The molecular formula is C17H25FN4O2. The molecule has 1 heterocycles. The van der Waals surface area contributed by atoms with Crippen molar-refractivity contribution >= 4 is 12.1 Å². The molecule has 1 aromatic rings. The fourth-order valence-corrected chi connectivity index (χ4v) is 2.75. The normalized spacial score (nSPS) is 16.8. The smallest absolute Gasteiger partial charge is 0.317 e. The van der Waals surface area contributed by atoms with Crippen molar-refractivity contribution in [1.82, 2.24) is 20.9 Å². The maximum atomic E-state index is 13.1. The second kappa shape index (κ2) is 9.10. The minimum absolute atomic E-state index is 0.0178. The number of hydrogen-bond acceptors (Lipinski definition) is 2. The average molecular weight is 336 g/mol. The Balaban J connectivity index is 1.61. The summed E-state index contributed by atoms with van der Waals surface area (Å²) < 4.78 is 13.1. The molecule has 0 unspecified atom stereocenters. The molecule has 1 fully saturated rings. The van der Waals surface area contributed by atoms with E-state index in [2.05, 4.69) is 16.0 Å². The lowest BCUT2D eigenvalue weighted by Crippen LogP contribution is -2.45. The van der Waals surface area contributed by atoms with Crippen LogP contribution in [0.25, 0.3) is 0 Å². The van der Waals surface area contributed by atoms with Gasteiger partial charge in [0.25, 0.3) is 0 Å². The molecule has 6 nitrogen and oxygen atoms in total. The summed E-state index contributed by atoms with van der Waals surface area (Å²) in [5, 5.41) is 8.44. The highest BCUT2D eigenvalue weighted by Crippen LogP contribution is 2.09. The summed E-state index contributed by atoms with van der Waals surface area (Å²) >= 11 is 0. The Morgan fingerprint density at radius 3 is 2.92 bits per heavy atom. The number of likely N-dealkylation sites (tertiary alicyclic amines) is 1. The van der Waals surface area contributed by atoms with Gasteiger partial charge < -0.3 is 20.9 Å². The number of carbonyl (C=O) groups excluding carboxylic acids is 2. The molecule has 1 atom stereocenters. The Labute approximate surface area is 141 Å². The van der Waals surface area contributed by atoms with E-state index in [1.807, 2.05) is 13.0 Å². The first kappa shape index (κ1) is 18.0. The molecule has 1 aromatic carbocycles. The monoisotopic (exact) mass is 336 g/mol. The number of benzene rings is 1. The quantitative estimate of drug-likeness (QED) is 0.694. The predicted octanol–water partition coefficient (Wildman–Crippen LogP) is 1.86. The van der Waals surface area contributed by atoms with Crippen molar-refractivity contribution in [3.05, 3.63) is 35.6 Å². The summed E-state index contributed by atoms with van der Waals surface area (Å²) in [7, 11) is 0. The number of urea groups is 2. The van der Waals surface area contributed by atoms with E-state index in [4.69, 9.17) is 0 Å². The lowest BCUT2D eigenvalue weighted by Gasteiger charge is -2.17. The second-order valence-corrected chi connectivity index (χ2v) is 5.90. The molecule has 2 rings (SSSR count). The highest BCUT2D eigenvalue weighted by atomic mass is 19.1. The Kier molecular flexibility index (Phi) is 6.84. The van der Waals surface area contributed by atoms with Crippen molar-refractivity contribution in [2.45, 2.75) is 32.2 Å². The van der Waals surface area contributed by atoms with Crippen molar-refractivity contribution in [3.8, 4) is 0 Å². The molecule has 4 amide bonds. The number of nitrogens with one attached hydrogen (secondary N) is 3. The number of hydrogen-bond donors (Lipinski definition) is 3. The van der Waals surface area contributed by atoms with E-state index >= 15 is 0 Å². The number of amides is 4. The van der Waals surface area contributed by atoms with Gasteiger partial charge >= 0.3 is 12.1 Å². The van der Waals surface area contributed by atoms with Crippen molar-refractivity contribution in [1.29, 1.82) is 0 Å². The average Bonchev–Trinajstić information content (AvgIpc) is 3.00. The standard InChI is InChI=1S/C17H25FN4O2/c1-2-19-17(24)22-10-8-15(12-22)21-16(23)20-9-4-6-13-5-3-7-14(18)11-13/h3,5,7,11,15H,2,4,6,8-10,12H2,1H3,(H,19,24)(H2,20,21,23)/t15-/m0/s1. The number of halogens is 1. The molecule has 1 saturated heterocycles. The highest BCUT2D eigenvalue weighted by molar-refractivity contribution is 5.76. The van der Waals surface area contributed by atoms with Crippen LogP contribution < -0.4 is 16.0 Å². The van der Waals surface area contributed by atoms with Crippen LogP contribution in [0.1, 0.15) is 25.3 Å². The molecule has 0 spiro atoms. The zero-order valence-electron chi connectivity index (χ0n) is 14.0. The van der Waals surface area contributed by atoms with E-state index in [0.29, 0.717) is 32.6 Å². The zero-order chi connectivity index (χ0) is 17.4. The molecular weight excluding hydrogens is 311 g/mol. The Bertz CT molecular complexity index is 567. The van der Waals surface area contributed by atoms with Gasteiger partial charge in [-0.15, -0.1) is 0 Å². The van der Waals surface area contributed by atoms with E-state index in [-0.39, 0.29) is 23.9 Å². The van der Waals surface area contributed by atoms with Crippen LogP contribution in [0, 0.1) is 5.82 Å². The maximum absolute atomic E-state index is 13.1. The van der Waals surface area contributed by atoms with Gasteiger partial charge in [-0.05, 0) is 43.9 Å². The van der Waals surface area contributed by atoms with Crippen molar-refractivity contribution in [2.24, 2.45) is 0 Å². The summed E-state index contributed by atoms with van der Waals surface area (Å²) in [4.78, 5) is 25.3. The van der Waals surface area contributed by atoms with Crippen LogP contribution in [0.2, 0.25) is 0 Å². The number of rotatable bonds is 6. The van der Waals surface area contributed by atoms with Gasteiger partial charge in [0.1, 0.15) is 5.82 Å². The first-order chi connectivity index (χ1) is 11.6. The topological polar surface area (TPSA) is 73.5 Å². The minimum Gasteiger partial charge on any atom is -0.338 e. The zero-order valence-corrected chi connectivity index (χ0v) is 14.0. The first-order valence-corrected chi connectivity index (χ1v) is 8.40. The summed E-state index contributed by atoms with van der Waals surface area (Å²) in [6.45, 7) is 4.17. The van der Waals surface area contributed by atoms with E-state index in [0.717, 1.165) is 18.4 Å². The molecule has 0 saturated carbocycles. The second-order valence-electron chi connectivity index (χ2n) is 5.90. The summed E-state index contributed by atoms with van der Waals surface area (Å²) in [5.41, 5.74) is 0.922. The molecule has 0 radical (unpaired) electrons. The number of aryl methyl sites for hydroxylation is 1. The highest BCUT2D eigenvalue weighted by Gasteiger charge is 2.26. The van der Waals surface area contributed by atoms with Gasteiger partial charge in [-0.25, -0.2) is 14.0 Å². The summed E-state index contributed by atoms with van der Waals surface area (Å²) in [6.07, 6.45) is 2.22. The van der Waals surface area contributed by atoms with Crippen LogP contribution in [0.3, 0.4) is 0 Å². The van der Waals surface area contributed by atoms with Gasteiger partial charge in [-0.1, -0.05) is 12.1 Å². The third-order valence-electron chi connectivity index (χ3n) is 3.96. The van der Waals surface area contributed by atoms with Gasteiger partial charge in [0.15, 0.2) is 0 Å². The minimum atomic E-state index is -0.240. The van der Waals surface area contributed by atoms with E-state index in [9.17, 15) is 14.0 Å². The SMILES string of the molecule is CCNC(=O)N1CC[C@H](NC(=O)NCCCc2cccc(F)c2)C1. The van der Waals surface area contributed by atoms with E-state index in [1.54, 1.807) is 11.0 Å². The molecule has 132 valence electrons. The molecule has 0 bridgehead atoms. The van der Waals surface area contributed by atoms with Crippen LogP contribution >= 0.6 is 0 Å². The van der Waals surface area contributed by atoms with Gasteiger partial charge in [0, 0.05) is 32.2 Å². The van der Waals surface area contributed by atoms with Crippen LogP contribution in [0.4, 0.5) is 14.0 Å². The Morgan fingerprint density at radius 2 is 2.17 bits per heavy atom. The molecule has 1 aliphatic heterocycles. The molecule has 1 aliphatic rings. The summed E-state index contributed by atoms with van der Waals surface area (Å²) in [5.74, 6) is -0.240. The maximum Gasteiger partial charge on any atom is 0.317 e. The van der Waals surface area contributed by atoms with Crippen LogP contribution in [0.15, 0.2) is 24.3 Å². The van der Waals surface area contributed by atoms with Gasteiger partial charge in [-0.2, -0.15) is 0 Å². The summed E-state index contributed by atoms with van der Waals surface area (Å²) in [6, 6.07) is 6.16. The predicted molar refractivity (Wildman–Crippen MR) is 90.3 cm³/mol. The van der Waals surface area contributed by atoms with Crippen LogP contribution in [-0.4, -0.2) is 49.2 Å². The number of carbonyl (C=O) groups is 2. The van der Waals surface area contributed by atoms with Gasteiger partial charge in [0.05, 0.1) is 0 Å². The van der Waals surface area contributed by atoms with Crippen molar-refractivity contribution in [3.63, 3.8) is 0 Å². The van der Waals surface area contributed by atoms with Crippen molar-refractivity contribution in [2.75, 3.05) is 26.2 Å². The fraction of sp³-hybridized carbons (Fsp3) is 0.529. The lowest BCUT2D eigenvalue weighted by molar-refractivity contribution is 0.207. The van der Waals surface area contributed by atoms with Crippen LogP contribution in [-0.2, 0) is 6.42 Å². The van der Waals surface area contributed by atoms with Crippen LogP contribution in [0.5, 0.6) is 0 Å². The Hall–Kier alpha value is -2.31. The van der Waals surface area contributed by atoms with Gasteiger partial charge in [-0.3, -0.25) is 0 Å². The van der Waals surface area contributed by atoms with E-state index in [1.165, 1.54) is 12.1 Å². The molecule has 0 aromatic heterocycles. The molecule has 24 heavy (non-hydrogen) atoms. The largest absolute Gasteiger partial charge is 0.338 e. The first-order valence-electron chi connectivity index (χ1n) is 8.40. The molecule has 0 aliphatic carbocycles. The lowest BCUT2D eigenvalue weighted by atomic mass is 10.1. The third-order valence-corrected chi connectivity index (χ3v) is 3.96. The fourth-order valence-electron chi connectivity index (χ4n) is 2.75. The molecule has 3 N–H and O–H groups in total. The third kappa shape index (κ3) is 5.72. The molecule has 7 heteroatoms.